The molecule has 0 aliphatic carbocycles. The van der Waals surface area contributed by atoms with Gasteiger partial charge in [-0.25, -0.2) is 0 Å². The van der Waals surface area contributed by atoms with E-state index in [0.29, 0.717) is 5.02 Å². The number of fused-ring (bicyclic) bond motifs is 1. The average molecular weight is 452 g/mol. The number of pyridine rings is 1. The Morgan fingerprint density at radius 3 is 2.72 bits per heavy atom. The highest BCUT2D eigenvalue weighted by molar-refractivity contribution is 6.31. The van der Waals surface area contributed by atoms with Crippen LogP contribution in [0.15, 0.2) is 66.9 Å². The van der Waals surface area contributed by atoms with Crippen LogP contribution in [0.25, 0.3) is 10.9 Å². The first kappa shape index (κ1) is 23.6. The highest BCUT2D eigenvalue weighted by Crippen LogP contribution is 2.25. The third-order valence-corrected chi connectivity index (χ3v) is 5.25. The van der Waals surface area contributed by atoms with Gasteiger partial charge in [-0.05, 0) is 61.9 Å². The first-order valence-corrected chi connectivity index (χ1v) is 11.5. The van der Waals surface area contributed by atoms with E-state index in [0.717, 1.165) is 41.1 Å². The summed E-state index contributed by atoms with van der Waals surface area (Å²) in [5, 5.41) is 7.90. The van der Waals surface area contributed by atoms with Crippen LogP contribution in [0.1, 0.15) is 39.5 Å². The average Bonchev–Trinajstić information content (AvgIpc) is 2.78. The molecule has 168 valence electrons. The normalized spacial score (nSPS) is 12.1. The fourth-order valence-electron chi connectivity index (χ4n) is 3.31. The van der Waals surface area contributed by atoms with Crippen LogP contribution < -0.4 is 15.4 Å². The predicted octanol–water partition coefficient (Wildman–Crippen LogP) is 6.84. The van der Waals surface area contributed by atoms with Gasteiger partial charge in [0, 0.05) is 40.1 Å². The molecule has 0 fully saturated rings. The molecule has 3 rings (SSSR count). The number of rotatable bonds is 11. The molecule has 1 atom stereocenters. The van der Waals surface area contributed by atoms with Crippen LogP contribution in [0.4, 0.5) is 11.4 Å². The van der Waals surface area contributed by atoms with Gasteiger partial charge in [0.25, 0.3) is 0 Å². The van der Waals surface area contributed by atoms with E-state index < -0.39 is 0 Å². The van der Waals surface area contributed by atoms with Gasteiger partial charge in [-0.2, -0.15) is 0 Å². The Kier molecular flexibility index (Phi) is 8.93. The summed E-state index contributed by atoms with van der Waals surface area (Å²) in [6, 6.07) is 14.9. The van der Waals surface area contributed by atoms with Gasteiger partial charge in [-0.3, -0.25) is 9.78 Å². The minimum Gasteiger partial charge on any atom is -0.494 e. The molecule has 0 unspecified atom stereocenters. The SMILES string of the molecule is CCCCCCOc1ccc(NC(=O)/C=C/[C@H](C)Nc2ccnc3cc(Cl)ccc23)cc1. The molecule has 0 saturated heterocycles. The molecule has 1 heterocycles. The highest BCUT2D eigenvalue weighted by atomic mass is 35.5. The van der Waals surface area contributed by atoms with Crippen LogP contribution >= 0.6 is 11.6 Å². The van der Waals surface area contributed by atoms with Gasteiger partial charge in [0.1, 0.15) is 5.75 Å². The second-order valence-electron chi connectivity index (χ2n) is 7.73. The van der Waals surface area contributed by atoms with E-state index in [1.54, 1.807) is 6.20 Å². The number of hydrogen-bond acceptors (Lipinski definition) is 4. The van der Waals surface area contributed by atoms with Crippen molar-refractivity contribution in [3.8, 4) is 5.75 Å². The summed E-state index contributed by atoms with van der Waals surface area (Å²) in [6.45, 7) is 4.90. The number of benzene rings is 2. The molecular formula is C26H30ClN3O2. The molecule has 6 heteroatoms. The molecule has 2 N–H and O–H groups in total. The Balaban J connectivity index is 1.49. The first-order valence-electron chi connectivity index (χ1n) is 11.1. The smallest absolute Gasteiger partial charge is 0.248 e. The first-order chi connectivity index (χ1) is 15.5. The lowest BCUT2D eigenvalue weighted by Crippen LogP contribution is -2.14. The van der Waals surface area contributed by atoms with E-state index in [2.05, 4.69) is 22.5 Å². The van der Waals surface area contributed by atoms with E-state index in [9.17, 15) is 4.79 Å². The summed E-state index contributed by atoms with van der Waals surface area (Å²) >= 11 is 6.05. The zero-order valence-corrected chi connectivity index (χ0v) is 19.4. The van der Waals surface area contributed by atoms with Crippen LogP contribution in [0, 0.1) is 0 Å². The quantitative estimate of drug-likeness (QED) is 0.247. The molecule has 2 aromatic carbocycles. The Labute approximate surface area is 194 Å². The number of nitrogens with one attached hydrogen (secondary N) is 2. The van der Waals surface area contributed by atoms with E-state index in [4.69, 9.17) is 16.3 Å². The number of nitrogens with zero attached hydrogens (tertiary/aromatic N) is 1. The van der Waals surface area contributed by atoms with Gasteiger partial charge in [0.2, 0.25) is 5.91 Å². The highest BCUT2D eigenvalue weighted by Gasteiger charge is 2.06. The van der Waals surface area contributed by atoms with E-state index in [-0.39, 0.29) is 11.9 Å². The van der Waals surface area contributed by atoms with Crippen molar-refractivity contribution in [1.82, 2.24) is 4.98 Å². The molecule has 32 heavy (non-hydrogen) atoms. The summed E-state index contributed by atoms with van der Waals surface area (Å²) in [7, 11) is 0. The summed E-state index contributed by atoms with van der Waals surface area (Å²) in [5.41, 5.74) is 2.50. The van der Waals surface area contributed by atoms with E-state index in [1.165, 1.54) is 25.3 Å². The standard InChI is InChI=1S/C26H30ClN3O2/c1-3-4-5-6-17-32-22-11-9-21(10-12-22)30-26(31)14-7-19(2)29-24-15-16-28-25-18-20(27)8-13-23(24)25/h7-16,18-19H,3-6,17H2,1-2H3,(H,28,29)(H,30,31)/b14-7+/t19-/m0/s1. The molecule has 0 radical (unpaired) electrons. The Morgan fingerprint density at radius 2 is 1.94 bits per heavy atom. The number of unbranched alkanes of at least 4 members (excludes halogenated alkanes) is 3. The lowest BCUT2D eigenvalue weighted by atomic mass is 10.1. The molecule has 5 nitrogen and oxygen atoms in total. The van der Waals surface area contributed by atoms with E-state index in [1.807, 2.05) is 61.5 Å². The second-order valence-corrected chi connectivity index (χ2v) is 8.17. The van der Waals surface area contributed by atoms with E-state index >= 15 is 0 Å². The summed E-state index contributed by atoms with van der Waals surface area (Å²) in [4.78, 5) is 16.6. The molecule has 1 aromatic heterocycles. The Morgan fingerprint density at radius 1 is 1.12 bits per heavy atom. The lowest BCUT2D eigenvalue weighted by molar-refractivity contribution is -0.111. The maximum atomic E-state index is 12.3. The molecule has 0 saturated carbocycles. The third-order valence-electron chi connectivity index (χ3n) is 5.01. The molecule has 0 aliphatic rings. The minimum absolute atomic E-state index is 0.0505. The number of anilines is 2. The number of hydrogen-bond donors (Lipinski definition) is 2. The number of halogens is 1. The van der Waals surface area contributed by atoms with Gasteiger partial charge in [-0.1, -0.05) is 43.9 Å². The van der Waals surface area contributed by atoms with Crippen molar-refractivity contribution < 1.29 is 9.53 Å². The predicted molar refractivity (Wildman–Crippen MR) is 134 cm³/mol. The molecule has 3 aromatic rings. The van der Waals surface area contributed by atoms with Gasteiger partial charge < -0.3 is 15.4 Å². The summed E-state index contributed by atoms with van der Waals surface area (Å²) in [6.07, 6.45) is 9.81. The fourth-order valence-corrected chi connectivity index (χ4v) is 3.48. The van der Waals surface area contributed by atoms with Crippen molar-refractivity contribution >= 4 is 39.8 Å². The monoisotopic (exact) mass is 451 g/mol. The topological polar surface area (TPSA) is 63.2 Å². The van der Waals surface area contributed by atoms with Gasteiger partial charge in [0.05, 0.1) is 12.1 Å². The van der Waals surface area contributed by atoms with Crippen molar-refractivity contribution in [2.24, 2.45) is 0 Å². The van der Waals surface area contributed by atoms with Gasteiger partial charge >= 0.3 is 0 Å². The third kappa shape index (κ3) is 7.27. The van der Waals surface area contributed by atoms with Crippen LogP contribution in [-0.4, -0.2) is 23.5 Å². The van der Waals surface area contributed by atoms with Crippen LogP contribution in [0.3, 0.4) is 0 Å². The van der Waals surface area contributed by atoms with Crippen molar-refractivity contribution in [3.05, 3.63) is 71.9 Å². The van der Waals surface area contributed by atoms with Crippen molar-refractivity contribution in [2.45, 2.75) is 45.6 Å². The van der Waals surface area contributed by atoms with Crippen LogP contribution in [0.2, 0.25) is 5.02 Å². The number of carbonyl (C=O) groups is 1. The molecule has 0 bridgehead atoms. The Hall–Kier alpha value is -3.05. The minimum atomic E-state index is -0.182. The summed E-state index contributed by atoms with van der Waals surface area (Å²) < 4.78 is 5.74. The number of amides is 1. The largest absolute Gasteiger partial charge is 0.494 e. The maximum Gasteiger partial charge on any atom is 0.248 e. The molecule has 0 spiro atoms. The van der Waals surface area contributed by atoms with Gasteiger partial charge in [-0.15, -0.1) is 0 Å². The zero-order valence-electron chi connectivity index (χ0n) is 18.6. The molecule has 0 aliphatic heterocycles. The Bertz CT molecular complexity index is 1050. The number of ether oxygens (including phenoxy) is 1. The molecule has 1 amide bonds. The maximum absolute atomic E-state index is 12.3. The van der Waals surface area contributed by atoms with Crippen molar-refractivity contribution in [2.75, 3.05) is 17.2 Å². The summed E-state index contributed by atoms with van der Waals surface area (Å²) in [5.74, 6) is 0.636. The van der Waals surface area contributed by atoms with Gasteiger partial charge in [0.15, 0.2) is 0 Å². The zero-order chi connectivity index (χ0) is 22.8. The fraction of sp³-hybridized carbons (Fsp3) is 0.308. The number of carbonyl (C=O) groups excluding carboxylic acids is 1. The van der Waals surface area contributed by atoms with Crippen molar-refractivity contribution in [1.29, 1.82) is 0 Å². The number of aromatic nitrogens is 1. The molecular weight excluding hydrogens is 422 g/mol. The van der Waals surface area contributed by atoms with Crippen LogP contribution in [-0.2, 0) is 4.79 Å². The van der Waals surface area contributed by atoms with Crippen LogP contribution in [0.5, 0.6) is 5.75 Å². The second kappa shape index (κ2) is 12.1. The van der Waals surface area contributed by atoms with Crippen molar-refractivity contribution in [3.63, 3.8) is 0 Å². The lowest BCUT2D eigenvalue weighted by Gasteiger charge is -2.13.